The van der Waals surface area contributed by atoms with Crippen molar-refractivity contribution in [3.8, 4) is 0 Å². The van der Waals surface area contributed by atoms with Crippen LogP contribution in [0, 0.1) is 23.1 Å². The Morgan fingerprint density at radius 1 is 1.26 bits per heavy atom. The molecule has 4 aliphatic rings. The molecule has 27 heavy (non-hydrogen) atoms. The number of carbonyl (C=O) groups is 1. The lowest BCUT2D eigenvalue weighted by Gasteiger charge is -2.60. The van der Waals surface area contributed by atoms with Gasteiger partial charge in [-0.2, -0.15) is 0 Å². The average Bonchev–Trinajstić information content (AvgIpc) is 2.57. The van der Waals surface area contributed by atoms with E-state index in [2.05, 4.69) is 0 Å². The van der Waals surface area contributed by atoms with Crippen molar-refractivity contribution in [2.24, 2.45) is 17.3 Å². The second-order valence-electron chi connectivity index (χ2n) is 9.26. The molecule has 148 valence electrons. The Morgan fingerprint density at radius 3 is 2.59 bits per heavy atom. The molecule has 5 heteroatoms. The van der Waals surface area contributed by atoms with Crippen LogP contribution in [0.3, 0.4) is 0 Å². The van der Waals surface area contributed by atoms with Crippen molar-refractivity contribution in [2.75, 3.05) is 20.3 Å². The van der Waals surface area contributed by atoms with Crippen LogP contribution in [0.25, 0.3) is 0 Å². The van der Waals surface area contributed by atoms with Crippen LogP contribution in [0.4, 0.5) is 4.39 Å². The number of nitrogens with zero attached hydrogens (tertiary/aromatic N) is 1. The van der Waals surface area contributed by atoms with Gasteiger partial charge in [0.15, 0.2) is 0 Å². The van der Waals surface area contributed by atoms with Crippen molar-refractivity contribution < 1.29 is 19.0 Å². The largest absolute Gasteiger partial charge is 0.390 e. The summed E-state index contributed by atoms with van der Waals surface area (Å²) in [7, 11) is 1.61. The van der Waals surface area contributed by atoms with Crippen LogP contribution >= 0.6 is 0 Å². The first-order valence-electron chi connectivity index (χ1n) is 10.1. The van der Waals surface area contributed by atoms with Crippen molar-refractivity contribution in [3.05, 3.63) is 35.6 Å². The highest BCUT2D eigenvalue weighted by Gasteiger charge is 2.57. The molecule has 4 nitrogen and oxygen atoms in total. The molecule has 0 aliphatic heterocycles. The molecule has 4 atom stereocenters. The van der Waals surface area contributed by atoms with Crippen molar-refractivity contribution in [2.45, 2.75) is 57.1 Å². The van der Waals surface area contributed by atoms with E-state index in [4.69, 9.17) is 4.74 Å². The average molecular weight is 375 g/mol. The first kappa shape index (κ1) is 18.9. The van der Waals surface area contributed by atoms with Crippen LogP contribution in [0.15, 0.2) is 24.3 Å². The van der Waals surface area contributed by atoms with Gasteiger partial charge in [-0.05, 0) is 61.8 Å². The zero-order valence-electron chi connectivity index (χ0n) is 16.1. The van der Waals surface area contributed by atoms with Gasteiger partial charge in [-0.15, -0.1) is 0 Å². The quantitative estimate of drug-likeness (QED) is 0.793. The normalized spacial score (nSPS) is 34.0. The maximum Gasteiger partial charge on any atom is 0.223 e. The Kier molecular flexibility index (Phi) is 5.02. The summed E-state index contributed by atoms with van der Waals surface area (Å²) in [5.41, 5.74) is -0.102. The number of hydrogen-bond acceptors (Lipinski definition) is 3. The van der Waals surface area contributed by atoms with E-state index in [1.54, 1.807) is 30.2 Å². The molecule has 1 aromatic carbocycles. The van der Waals surface area contributed by atoms with Gasteiger partial charge in [-0.3, -0.25) is 4.79 Å². The highest BCUT2D eigenvalue weighted by Crippen LogP contribution is 2.62. The van der Waals surface area contributed by atoms with Crippen molar-refractivity contribution in [1.82, 2.24) is 4.90 Å². The van der Waals surface area contributed by atoms with E-state index in [9.17, 15) is 14.3 Å². The summed E-state index contributed by atoms with van der Waals surface area (Å²) in [4.78, 5) is 14.9. The van der Waals surface area contributed by atoms with Crippen LogP contribution in [0.1, 0.15) is 50.5 Å². The SMILES string of the molecule is COCCN(Cc1ccccc1F)C(=O)CC12C[C@@H]3C[C@@H](CC(O)(C3)C1)C2. The second-order valence-corrected chi connectivity index (χ2v) is 9.26. The molecular weight excluding hydrogens is 345 g/mol. The summed E-state index contributed by atoms with van der Waals surface area (Å²) in [6, 6.07) is 6.63. The Bertz CT molecular complexity index is 693. The number of rotatable bonds is 7. The van der Waals surface area contributed by atoms with Crippen LogP contribution in [-0.4, -0.2) is 41.8 Å². The number of benzene rings is 1. The number of carbonyl (C=O) groups excluding carboxylic acids is 1. The number of ether oxygens (including phenoxy) is 1. The second kappa shape index (κ2) is 7.17. The molecule has 4 saturated carbocycles. The molecule has 0 heterocycles. The summed E-state index contributed by atoms with van der Waals surface area (Å²) in [5.74, 6) is 0.892. The zero-order valence-corrected chi connectivity index (χ0v) is 16.1. The summed E-state index contributed by atoms with van der Waals surface area (Å²) >= 11 is 0. The van der Waals surface area contributed by atoms with Gasteiger partial charge in [0.2, 0.25) is 5.91 Å². The van der Waals surface area contributed by atoms with E-state index in [1.165, 1.54) is 12.5 Å². The number of halogens is 1. The Labute approximate surface area is 160 Å². The van der Waals surface area contributed by atoms with Crippen LogP contribution in [0.2, 0.25) is 0 Å². The molecule has 0 radical (unpaired) electrons. The van der Waals surface area contributed by atoms with E-state index >= 15 is 0 Å². The van der Waals surface area contributed by atoms with Gasteiger partial charge < -0.3 is 14.7 Å². The molecule has 0 saturated heterocycles. The molecule has 0 aromatic heterocycles. The highest BCUT2D eigenvalue weighted by molar-refractivity contribution is 5.77. The van der Waals surface area contributed by atoms with E-state index in [-0.39, 0.29) is 23.7 Å². The Hall–Kier alpha value is -1.46. The first-order chi connectivity index (χ1) is 12.9. The molecule has 0 spiro atoms. The van der Waals surface area contributed by atoms with Gasteiger partial charge in [-0.1, -0.05) is 18.2 Å². The third-order valence-corrected chi connectivity index (χ3v) is 6.91. The predicted molar refractivity (Wildman–Crippen MR) is 100 cm³/mol. The summed E-state index contributed by atoms with van der Waals surface area (Å²) in [6.45, 7) is 1.15. The fourth-order valence-corrected chi connectivity index (χ4v) is 6.37. The van der Waals surface area contributed by atoms with Gasteiger partial charge >= 0.3 is 0 Å². The smallest absolute Gasteiger partial charge is 0.223 e. The highest BCUT2D eigenvalue weighted by atomic mass is 19.1. The molecule has 4 fully saturated rings. The van der Waals surface area contributed by atoms with E-state index < -0.39 is 5.60 Å². The summed E-state index contributed by atoms with van der Waals surface area (Å²) in [5, 5.41) is 10.9. The third kappa shape index (κ3) is 3.90. The van der Waals surface area contributed by atoms with Crippen LogP contribution in [0.5, 0.6) is 0 Å². The van der Waals surface area contributed by atoms with Gasteiger partial charge in [-0.25, -0.2) is 4.39 Å². The van der Waals surface area contributed by atoms with Gasteiger partial charge in [0.05, 0.1) is 12.2 Å². The Balaban J connectivity index is 1.49. The van der Waals surface area contributed by atoms with Crippen LogP contribution in [-0.2, 0) is 16.1 Å². The minimum absolute atomic E-state index is 0.0563. The minimum atomic E-state index is -0.562. The lowest BCUT2D eigenvalue weighted by atomic mass is 9.47. The fourth-order valence-electron chi connectivity index (χ4n) is 6.37. The number of hydrogen-bond donors (Lipinski definition) is 1. The topological polar surface area (TPSA) is 49.8 Å². The minimum Gasteiger partial charge on any atom is -0.390 e. The zero-order chi connectivity index (χ0) is 19.1. The van der Waals surface area contributed by atoms with Gasteiger partial charge in [0, 0.05) is 32.2 Å². The lowest BCUT2D eigenvalue weighted by molar-refractivity contribution is -0.172. The molecule has 5 rings (SSSR count). The van der Waals surface area contributed by atoms with Crippen LogP contribution < -0.4 is 0 Å². The number of amides is 1. The molecule has 4 aliphatic carbocycles. The Morgan fingerprint density at radius 2 is 1.96 bits per heavy atom. The molecule has 1 amide bonds. The maximum absolute atomic E-state index is 14.1. The van der Waals surface area contributed by atoms with Crippen molar-refractivity contribution >= 4 is 5.91 Å². The molecular formula is C22H30FNO3. The third-order valence-electron chi connectivity index (χ3n) is 6.91. The van der Waals surface area contributed by atoms with Gasteiger partial charge in [0.1, 0.15) is 5.82 Å². The molecule has 2 unspecified atom stereocenters. The molecule has 1 N–H and O–H groups in total. The molecule has 1 aromatic rings. The number of aliphatic hydroxyl groups is 1. The van der Waals surface area contributed by atoms with E-state index in [0.717, 1.165) is 32.1 Å². The van der Waals surface area contributed by atoms with Gasteiger partial charge in [0.25, 0.3) is 0 Å². The first-order valence-corrected chi connectivity index (χ1v) is 10.1. The van der Waals surface area contributed by atoms with Crippen molar-refractivity contribution in [3.63, 3.8) is 0 Å². The lowest BCUT2D eigenvalue weighted by Crippen LogP contribution is -2.56. The van der Waals surface area contributed by atoms with E-state index in [1.807, 2.05) is 0 Å². The standard InChI is InChI=1S/C22H30FNO3/c1-27-7-6-24(14-18-4-2-3-5-19(18)23)20(25)13-21-9-16-8-17(10-21)12-22(26,11-16)15-21/h2-5,16-17,26H,6-15H2,1H3/t16-,17+,21?,22?. The summed E-state index contributed by atoms with van der Waals surface area (Å²) < 4.78 is 19.3. The van der Waals surface area contributed by atoms with E-state index in [0.29, 0.717) is 37.0 Å². The number of methoxy groups -OCH3 is 1. The summed E-state index contributed by atoms with van der Waals surface area (Å²) in [6.07, 6.45) is 6.33. The molecule has 4 bridgehead atoms. The monoisotopic (exact) mass is 375 g/mol. The maximum atomic E-state index is 14.1. The predicted octanol–water partition coefficient (Wildman–Crippen LogP) is 3.52. The van der Waals surface area contributed by atoms with Crippen molar-refractivity contribution in [1.29, 1.82) is 0 Å². The fraction of sp³-hybridized carbons (Fsp3) is 0.682.